The molecule has 0 radical (unpaired) electrons. The maximum Gasteiger partial charge on any atom is 0.408 e. The highest BCUT2D eigenvalue weighted by Gasteiger charge is 2.70. The Labute approximate surface area is 255 Å². The number of amides is 4. The molecule has 10 nitrogen and oxygen atoms in total. The summed E-state index contributed by atoms with van der Waals surface area (Å²) in [6, 6.07) is -2.70. The van der Waals surface area contributed by atoms with Crippen LogP contribution in [-0.2, 0) is 23.9 Å². The van der Waals surface area contributed by atoms with Crippen molar-refractivity contribution in [2.75, 3.05) is 6.54 Å². The zero-order valence-corrected chi connectivity index (χ0v) is 26.4. The summed E-state index contributed by atoms with van der Waals surface area (Å²) in [7, 11) is 0. The van der Waals surface area contributed by atoms with Gasteiger partial charge in [-0.25, -0.2) is 4.79 Å². The number of fused-ring (bicyclic) bond motifs is 1. The lowest BCUT2D eigenvalue weighted by Crippen LogP contribution is -2.61. The number of ether oxygens (including phenoxy) is 1. The Balaban J connectivity index is 1.18. The van der Waals surface area contributed by atoms with E-state index in [9.17, 15) is 24.0 Å². The fraction of sp³-hybridized carbons (Fsp3) is 0.848. The number of rotatable bonds is 9. The second kappa shape index (κ2) is 10.5. The smallest absolute Gasteiger partial charge is 0.408 e. The van der Waals surface area contributed by atoms with Gasteiger partial charge in [-0.05, 0) is 91.3 Å². The van der Waals surface area contributed by atoms with E-state index >= 15 is 0 Å². The molecule has 5 atom stereocenters. The topological polar surface area (TPSA) is 148 Å². The molecule has 0 aromatic heterocycles. The highest BCUT2D eigenvalue weighted by atomic mass is 16.6. The van der Waals surface area contributed by atoms with Gasteiger partial charge in [-0.2, -0.15) is 0 Å². The van der Waals surface area contributed by atoms with E-state index in [1.807, 2.05) is 20.8 Å². The van der Waals surface area contributed by atoms with Crippen LogP contribution in [0.25, 0.3) is 0 Å². The Morgan fingerprint density at radius 1 is 0.953 bits per heavy atom. The molecule has 6 saturated carbocycles. The van der Waals surface area contributed by atoms with Crippen LogP contribution in [0.15, 0.2) is 0 Å². The van der Waals surface area contributed by atoms with Crippen molar-refractivity contribution in [1.29, 1.82) is 0 Å². The Morgan fingerprint density at radius 3 is 2.02 bits per heavy atom. The van der Waals surface area contributed by atoms with E-state index in [-0.39, 0.29) is 29.1 Å². The van der Waals surface area contributed by atoms with Crippen LogP contribution < -0.4 is 16.4 Å². The zero-order chi connectivity index (χ0) is 31.1. The van der Waals surface area contributed by atoms with Gasteiger partial charge in [0.1, 0.15) is 17.7 Å². The molecule has 7 aliphatic rings. The second-order valence-electron chi connectivity index (χ2n) is 16.6. The van der Waals surface area contributed by atoms with E-state index in [1.165, 1.54) is 19.3 Å². The van der Waals surface area contributed by atoms with Crippen LogP contribution >= 0.6 is 0 Å². The first kappa shape index (κ1) is 30.4. The number of carbonyl (C=O) groups excluding carboxylic acids is 5. The fourth-order valence-corrected chi connectivity index (χ4v) is 9.85. The van der Waals surface area contributed by atoms with E-state index in [0.29, 0.717) is 30.7 Å². The van der Waals surface area contributed by atoms with Gasteiger partial charge in [0.2, 0.25) is 17.6 Å². The lowest BCUT2D eigenvalue weighted by atomic mass is 9.54. The largest absolute Gasteiger partial charge is 0.443 e. The molecule has 238 valence electrons. The highest BCUT2D eigenvalue weighted by molar-refractivity contribution is 6.37. The van der Waals surface area contributed by atoms with Crippen LogP contribution in [0.1, 0.15) is 98.8 Å². The number of likely N-dealkylation sites (tertiary alicyclic amines) is 1. The number of Topliss-reactive ketones (excluding diaryl/α,β-unsaturated/α-hetero) is 1. The molecule has 1 heterocycles. The quantitative estimate of drug-likeness (QED) is 0.347. The third-order valence-corrected chi connectivity index (χ3v) is 12.1. The lowest BCUT2D eigenvalue weighted by molar-refractivity contribution is -0.146. The molecule has 1 saturated heterocycles. The van der Waals surface area contributed by atoms with E-state index in [0.717, 1.165) is 38.5 Å². The van der Waals surface area contributed by atoms with Crippen LogP contribution in [0.5, 0.6) is 0 Å². The molecule has 0 aromatic carbocycles. The number of carbonyl (C=O) groups is 5. The van der Waals surface area contributed by atoms with Gasteiger partial charge in [0, 0.05) is 6.54 Å². The van der Waals surface area contributed by atoms with Crippen molar-refractivity contribution in [3.05, 3.63) is 0 Å². The molecule has 43 heavy (non-hydrogen) atoms. The number of primary amides is 1. The minimum Gasteiger partial charge on any atom is -0.443 e. The normalized spacial score (nSPS) is 36.6. The molecule has 7 fully saturated rings. The van der Waals surface area contributed by atoms with Gasteiger partial charge in [-0.3, -0.25) is 19.2 Å². The monoisotopic (exact) mass is 598 g/mol. The first-order valence-corrected chi connectivity index (χ1v) is 16.5. The number of hydrogen-bond donors (Lipinski definition) is 3. The summed E-state index contributed by atoms with van der Waals surface area (Å²) in [5.41, 5.74) is 4.12. The predicted molar refractivity (Wildman–Crippen MR) is 158 cm³/mol. The van der Waals surface area contributed by atoms with Gasteiger partial charge in [0.15, 0.2) is 0 Å². The number of piperidine rings is 1. The number of nitrogens with zero attached hydrogens (tertiary/aromatic N) is 1. The van der Waals surface area contributed by atoms with Crippen molar-refractivity contribution < 1.29 is 28.7 Å². The molecule has 10 heteroatoms. The number of nitrogens with two attached hydrogens (primary N) is 1. The van der Waals surface area contributed by atoms with Crippen LogP contribution in [0.4, 0.5) is 4.79 Å². The van der Waals surface area contributed by atoms with E-state index in [1.54, 1.807) is 4.90 Å². The molecule has 4 bridgehead atoms. The van der Waals surface area contributed by atoms with Crippen molar-refractivity contribution in [2.24, 2.45) is 52.1 Å². The molecular weight excluding hydrogens is 548 g/mol. The van der Waals surface area contributed by atoms with Crippen molar-refractivity contribution in [3.63, 3.8) is 0 Å². The van der Waals surface area contributed by atoms with Crippen LogP contribution in [-0.4, -0.2) is 64.8 Å². The number of nitrogens with one attached hydrogen (secondary N) is 2. The number of hydrogen-bond acceptors (Lipinski definition) is 6. The van der Waals surface area contributed by atoms with E-state index < -0.39 is 52.8 Å². The molecule has 4 amide bonds. The fourth-order valence-electron chi connectivity index (χ4n) is 9.85. The van der Waals surface area contributed by atoms with Crippen LogP contribution in [0.2, 0.25) is 0 Å². The summed E-state index contributed by atoms with van der Waals surface area (Å²) in [5.74, 6) is -0.466. The standard InChI is InChI=1S/C33H50N4O6/c1-31(2,3)26(36-30(42)43-33-13-18-9-19(14-33)11-20(10-18)15-33)29(41)37-16-21-23(32(21,4)5)24(37)28(40)35-22(25(38)27(34)39)12-17-7-6-8-17/h17-24,26H,6-16H2,1-5H3,(H2,34,39)(H,35,40)(H,36,42). The molecule has 5 unspecified atom stereocenters. The van der Waals surface area contributed by atoms with Crippen molar-refractivity contribution in [3.8, 4) is 0 Å². The van der Waals surface area contributed by atoms with Crippen molar-refractivity contribution in [2.45, 2.75) is 123 Å². The second-order valence-corrected chi connectivity index (χ2v) is 16.6. The lowest BCUT2D eigenvalue weighted by Gasteiger charge is -2.55. The molecule has 6 aliphatic carbocycles. The van der Waals surface area contributed by atoms with Gasteiger partial charge in [-0.1, -0.05) is 53.9 Å². The highest BCUT2D eigenvalue weighted by Crippen LogP contribution is 2.65. The van der Waals surface area contributed by atoms with Gasteiger partial charge >= 0.3 is 6.09 Å². The van der Waals surface area contributed by atoms with Gasteiger partial charge < -0.3 is 26.0 Å². The zero-order valence-electron chi connectivity index (χ0n) is 26.4. The molecule has 0 aromatic rings. The minimum atomic E-state index is -1.07. The minimum absolute atomic E-state index is 0.0796. The first-order chi connectivity index (χ1) is 20.1. The predicted octanol–water partition coefficient (Wildman–Crippen LogP) is 3.31. The summed E-state index contributed by atoms with van der Waals surface area (Å²) >= 11 is 0. The molecule has 7 rings (SSSR count). The van der Waals surface area contributed by atoms with Gasteiger partial charge in [0.05, 0.1) is 6.04 Å². The SMILES string of the molecule is CC(C)(C)C(NC(=O)OC12CC3CC(CC(C3)C1)C2)C(=O)N1CC2C(C1C(=O)NC(CC1CCC1)C(=O)C(N)=O)C2(C)C. The maximum absolute atomic E-state index is 14.3. The van der Waals surface area contributed by atoms with Crippen LogP contribution in [0.3, 0.4) is 0 Å². The summed E-state index contributed by atoms with van der Waals surface area (Å²) in [6.07, 6.45) is 9.17. The van der Waals surface area contributed by atoms with E-state index in [2.05, 4.69) is 24.5 Å². The van der Waals surface area contributed by atoms with Gasteiger partial charge in [-0.15, -0.1) is 0 Å². The Bertz CT molecular complexity index is 1170. The van der Waals surface area contributed by atoms with Gasteiger partial charge in [0.25, 0.3) is 5.91 Å². The average Bonchev–Trinajstić information content (AvgIpc) is 3.18. The molecular formula is C33H50N4O6. The summed E-state index contributed by atoms with van der Waals surface area (Å²) < 4.78 is 6.20. The van der Waals surface area contributed by atoms with Crippen molar-refractivity contribution in [1.82, 2.24) is 15.5 Å². The number of ketones is 1. The number of alkyl carbamates (subject to hydrolysis) is 1. The van der Waals surface area contributed by atoms with Crippen LogP contribution in [0, 0.1) is 46.3 Å². The Hall–Kier alpha value is -2.65. The third kappa shape index (κ3) is 5.56. The van der Waals surface area contributed by atoms with Crippen molar-refractivity contribution >= 4 is 29.6 Å². The molecule has 4 N–H and O–H groups in total. The van der Waals surface area contributed by atoms with E-state index in [4.69, 9.17) is 10.5 Å². The Morgan fingerprint density at radius 2 is 1.53 bits per heavy atom. The summed E-state index contributed by atoms with van der Waals surface area (Å²) in [5, 5.41) is 5.76. The first-order valence-electron chi connectivity index (χ1n) is 16.5. The summed E-state index contributed by atoms with van der Waals surface area (Å²) in [4.78, 5) is 67.7. The maximum atomic E-state index is 14.3. The molecule has 1 aliphatic heterocycles. The average molecular weight is 599 g/mol. The summed E-state index contributed by atoms with van der Waals surface area (Å²) in [6.45, 7) is 10.3. The third-order valence-electron chi connectivity index (χ3n) is 12.1. The molecule has 0 spiro atoms. The Kier molecular flexibility index (Phi) is 7.40.